The van der Waals surface area contributed by atoms with Gasteiger partial charge in [0.2, 0.25) is 0 Å². The van der Waals surface area contributed by atoms with E-state index in [2.05, 4.69) is 45.1 Å². The molecule has 0 radical (unpaired) electrons. The van der Waals surface area contributed by atoms with Crippen LogP contribution in [0.4, 0.5) is 0 Å². The molecule has 1 aliphatic rings. The van der Waals surface area contributed by atoms with E-state index in [0.717, 1.165) is 24.4 Å². The van der Waals surface area contributed by atoms with Crippen molar-refractivity contribution in [1.29, 1.82) is 0 Å². The number of nitrogens with one attached hydrogen (secondary N) is 1. The second-order valence-corrected chi connectivity index (χ2v) is 6.13. The molecule has 1 fully saturated rings. The smallest absolute Gasteiger partial charge is 0.0169 e. The van der Waals surface area contributed by atoms with Gasteiger partial charge in [0.25, 0.3) is 0 Å². The predicted octanol–water partition coefficient (Wildman–Crippen LogP) is 2.74. The molecule has 3 unspecified atom stereocenters. The van der Waals surface area contributed by atoms with E-state index in [4.69, 9.17) is 0 Å². The molecule has 0 aromatic carbocycles. The van der Waals surface area contributed by atoms with Crippen LogP contribution < -0.4 is 5.32 Å². The van der Waals surface area contributed by atoms with E-state index < -0.39 is 0 Å². The Labute approximate surface area is 102 Å². The van der Waals surface area contributed by atoms with Gasteiger partial charge in [-0.25, -0.2) is 0 Å². The van der Waals surface area contributed by atoms with Crippen LogP contribution in [0.1, 0.15) is 46.5 Å². The largest absolute Gasteiger partial charge is 0.310 e. The van der Waals surface area contributed by atoms with Crippen molar-refractivity contribution in [1.82, 2.24) is 10.2 Å². The highest BCUT2D eigenvalue weighted by Crippen LogP contribution is 2.30. The van der Waals surface area contributed by atoms with Crippen molar-refractivity contribution < 1.29 is 0 Å². The summed E-state index contributed by atoms with van der Waals surface area (Å²) in [7, 11) is 4.30. The first-order valence-electron chi connectivity index (χ1n) is 6.91. The highest BCUT2D eigenvalue weighted by atomic mass is 15.1. The van der Waals surface area contributed by atoms with Gasteiger partial charge in [-0.3, -0.25) is 0 Å². The second kappa shape index (κ2) is 6.61. The van der Waals surface area contributed by atoms with E-state index in [1.54, 1.807) is 0 Å². The van der Waals surface area contributed by atoms with E-state index in [-0.39, 0.29) is 0 Å². The van der Waals surface area contributed by atoms with Crippen molar-refractivity contribution in [2.24, 2.45) is 11.8 Å². The van der Waals surface area contributed by atoms with Crippen LogP contribution in [0.3, 0.4) is 0 Å². The van der Waals surface area contributed by atoms with Gasteiger partial charge in [0, 0.05) is 18.6 Å². The summed E-state index contributed by atoms with van der Waals surface area (Å²) in [6.45, 7) is 8.20. The average molecular weight is 226 g/mol. The Morgan fingerprint density at radius 2 is 1.75 bits per heavy atom. The van der Waals surface area contributed by atoms with Gasteiger partial charge >= 0.3 is 0 Å². The van der Waals surface area contributed by atoms with Crippen LogP contribution in [-0.4, -0.2) is 37.6 Å². The van der Waals surface area contributed by atoms with Crippen LogP contribution in [0.15, 0.2) is 0 Å². The molecule has 1 rings (SSSR count). The molecular weight excluding hydrogens is 196 g/mol. The fourth-order valence-corrected chi connectivity index (χ4v) is 3.13. The summed E-state index contributed by atoms with van der Waals surface area (Å²) in [6, 6.07) is 1.36. The Balaban J connectivity index is 2.43. The summed E-state index contributed by atoms with van der Waals surface area (Å²) >= 11 is 0. The van der Waals surface area contributed by atoms with Gasteiger partial charge in [-0.15, -0.1) is 0 Å². The summed E-state index contributed by atoms with van der Waals surface area (Å²) in [4.78, 5) is 2.27. The van der Waals surface area contributed by atoms with E-state index in [1.807, 2.05) is 0 Å². The maximum absolute atomic E-state index is 3.84. The highest BCUT2D eigenvalue weighted by Gasteiger charge is 2.28. The quantitative estimate of drug-likeness (QED) is 0.775. The second-order valence-electron chi connectivity index (χ2n) is 6.13. The van der Waals surface area contributed by atoms with Crippen LogP contribution in [-0.2, 0) is 0 Å². The van der Waals surface area contributed by atoms with Crippen molar-refractivity contribution in [2.45, 2.75) is 58.5 Å². The Hall–Kier alpha value is -0.0800. The SMILES string of the molecule is CC(CN(C)C)NC1CCCCC1C(C)C. The van der Waals surface area contributed by atoms with Crippen LogP contribution in [0.5, 0.6) is 0 Å². The molecule has 0 amide bonds. The molecule has 0 heterocycles. The Kier molecular flexibility index (Phi) is 5.77. The van der Waals surface area contributed by atoms with Crippen LogP contribution >= 0.6 is 0 Å². The molecule has 0 spiro atoms. The topological polar surface area (TPSA) is 15.3 Å². The van der Waals surface area contributed by atoms with Crippen molar-refractivity contribution in [3.8, 4) is 0 Å². The molecule has 0 aromatic rings. The number of nitrogens with zero attached hydrogens (tertiary/aromatic N) is 1. The Bertz CT molecular complexity index is 189. The summed E-state index contributed by atoms with van der Waals surface area (Å²) < 4.78 is 0. The number of likely N-dealkylation sites (N-methyl/N-ethyl adjacent to an activating group) is 1. The molecular formula is C14H30N2. The van der Waals surface area contributed by atoms with Crippen LogP contribution in [0.25, 0.3) is 0 Å². The van der Waals surface area contributed by atoms with Crippen molar-refractivity contribution in [3.05, 3.63) is 0 Å². The summed E-state index contributed by atoms with van der Waals surface area (Å²) in [5.74, 6) is 1.71. The third-order valence-corrected chi connectivity index (χ3v) is 3.81. The standard InChI is InChI=1S/C14H30N2/c1-11(2)13-8-6-7-9-14(13)15-12(3)10-16(4)5/h11-15H,6-10H2,1-5H3. The van der Waals surface area contributed by atoms with E-state index in [1.165, 1.54) is 25.7 Å². The molecule has 96 valence electrons. The van der Waals surface area contributed by atoms with Gasteiger partial charge in [0.15, 0.2) is 0 Å². The lowest BCUT2D eigenvalue weighted by Gasteiger charge is -2.37. The maximum atomic E-state index is 3.84. The number of rotatable bonds is 5. The lowest BCUT2D eigenvalue weighted by molar-refractivity contribution is 0.185. The molecule has 1 aliphatic carbocycles. The third kappa shape index (κ3) is 4.42. The average Bonchev–Trinajstić information content (AvgIpc) is 2.16. The lowest BCUT2D eigenvalue weighted by Crippen LogP contribution is -2.47. The van der Waals surface area contributed by atoms with Gasteiger partial charge < -0.3 is 10.2 Å². The zero-order valence-electron chi connectivity index (χ0n) is 11.8. The molecule has 0 bridgehead atoms. The fourth-order valence-electron chi connectivity index (χ4n) is 3.13. The minimum atomic E-state index is 0.611. The van der Waals surface area contributed by atoms with E-state index in [9.17, 15) is 0 Å². The predicted molar refractivity (Wildman–Crippen MR) is 71.7 cm³/mol. The van der Waals surface area contributed by atoms with Gasteiger partial charge in [-0.2, -0.15) is 0 Å². The molecule has 0 aromatic heterocycles. The molecule has 1 saturated carbocycles. The minimum absolute atomic E-state index is 0.611. The van der Waals surface area contributed by atoms with Gasteiger partial charge in [-0.05, 0) is 45.7 Å². The summed E-state index contributed by atoms with van der Waals surface area (Å²) in [5, 5.41) is 3.84. The zero-order valence-corrected chi connectivity index (χ0v) is 11.8. The highest BCUT2D eigenvalue weighted by molar-refractivity contribution is 4.84. The summed E-state index contributed by atoms with van der Waals surface area (Å²) in [5.41, 5.74) is 0. The third-order valence-electron chi connectivity index (χ3n) is 3.81. The van der Waals surface area contributed by atoms with Crippen molar-refractivity contribution in [2.75, 3.05) is 20.6 Å². The molecule has 0 saturated heterocycles. The molecule has 0 aliphatic heterocycles. The Morgan fingerprint density at radius 1 is 1.12 bits per heavy atom. The first-order valence-corrected chi connectivity index (χ1v) is 6.91. The first kappa shape index (κ1) is 14.0. The molecule has 3 atom stereocenters. The normalized spacial score (nSPS) is 28.7. The summed E-state index contributed by atoms with van der Waals surface area (Å²) in [6.07, 6.45) is 5.64. The molecule has 2 heteroatoms. The van der Waals surface area contributed by atoms with Gasteiger partial charge in [0.1, 0.15) is 0 Å². The Morgan fingerprint density at radius 3 is 2.31 bits per heavy atom. The molecule has 2 nitrogen and oxygen atoms in total. The lowest BCUT2D eigenvalue weighted by atomic mass is 9.77. The van der Waals surface area contributed by atoms with E-state index in [0.29, 0.717) is 6.04 Å². The minimum Gasteiger partial charge on any atom is -0.310 e. The number of hydrogen-bond acceptors (Lipinski definition) is 2. The van der Waals surface area contributed by atoms with Gasteiger partial charge in [0.05, 0.1) is 0 Å². The van der Waals surface area contributed by atoms with Crippen LogP contribution in [0, 0.1) is 11.8 Å². The van der Waals surface area contributed by atoms with Crippen molar-refractivity contribution in [3.63, 3.8) is 0 Å². The van der Waals surface area contributed by atoms with Crippen LogP contribution in [0.2, 0.25) is 0 Å². The maximum Gasteiger partial charge on any atom is 0.0169 e. The van der Waals surface area contributed by atoms with Crippen molar-refractivity contribution >= 4 is 0 Å². The number of hydrogen-bond donors (Lipinski definition) is 1. The molecule has 16 heavy (non-hydrogen) atoms. The molecule has 1 N–H and O–H groups in total. The zero-order chi connectivity index (χ0) is 12.1. The fraction of sp³-hybridized carbons (Fsp3) is 1.00. The first-order chi connectivity index (χ1) is 7.50. The monoisotopic (exact) mass is 226 g/mol. The van der Waals surface area contributed by atoms with Gasteiger partial charge in [-0.1, -0.05) is 26.7 Å². The van der Waals surface area contributed by atoms with E-state index >= 15 is 0 Å².